The normalized spacial score (nSPS) is 30.4. The second-order valence-electron chi connectivity index (χ2n) is 31.7. The summed E-state index contributed by atoms with van der Waals surface area (Å²) in [6.45, 7) is 115. The number of hydrogen-bond donors (Lipinski definition) is 0. The van der Waals surface area contributed by atoms with Crippen LogP contribution >= 0.6 is 0 Å². The van der Waals surface area contributed by atoms with Crippen LogP contribution in [-0.2, 0) is 6.42 Å². The van der Waals surface area contributed by atoms with Crippen LogP contribution in [0.5, 0.6) is 0 Å². The van der Waals surface area contributed by atoms with Gasteiger partial charge in [-0.2, -0.15) is 0 Å². The first-order valence-corrected chi connectivity index (χ1v) is 61.6. The van der Waals surface area contributed by atoms with Crippen LogP contribution in [0.2, 0.25) is 0 Å². The van der Waals surface area contributed by atoms with E-state index in [4.69, 9.17) is 0 Å². The molecule has 0 aliphatic heterocycles. The molecule has 24 atom stereocenters. The third-order valence-corrected chi connectivity index (χ3v) is 30.1. The first-order chi connectivity index (χ1) is 64.4. The summed E-state index contributed by atoms with van der Waals surface area (Å²) in [5.41, 5.74) is 12.3. The highest BCUT2D eigenvalue weighted by molar-refractivity contribution is 5.35. The summed E-state index contributed by atoms with van der Waals surface area (Å²) in [5, 5.41) is 0. The molecule has 0 heterocycles. The molecular weight excluding hydrogens is 1560 g/mol. The average Bonchev–Trinajstić information content (AvgIpc) is 1.54. The summed E-state index contributed by atoms with van der Waals surface area (Å²) in [5.74, 6) is 22.5. The van der Waals surface area contributed by atoms with Gasteiger partial charge in [-0.1, -0.05) is 531 Å². The minimum absolute atomic E-state index is 0.806. The molecule has 0 heteroatoms. The van der Waals surface area contributed by atoms with Gasteiger partial charge in [0, 0.05) is 0 Å². The van der Waals surface area contributed by atoms with E-state index < -0.39 is 0 Å². The second-order valence-corrected chi connectivity index (χ2v) is 31.7. The SMILES string of the molecule is CC.CC.CC.CC.CC.CC.CC.CC.CC.CC.CC.CC.CC.CC.CC.CC.CC.CC.CC.CC.CC.CC.CC.CC.CC.CC.CC.CCc1ccccc1C1C[C@@H]2CC3CCCC3C23C2CCCC2C[C@@H]3C1.Cc1ccccc1C1C[C@@H]2CC3CCCC3C23C2CCCC2C[C@@H]3C1.Cc1ccccc1C1C[C@@H]2CC3CCCC3C23C2CCCC2C[C@@H]3C1. The van der Waals surface area contributed by atoms with Crippen LogP contribution in [0.15, 0.2) is 72.8 Å². The third kappa shape index (κ3) is 38.7. The van der Waals surface area contributed by atoms with E-state index in [1.807, 2.05) is 374 Å². The van der Waals surface area contributed by atoms with E-state index in [9.17, 15) is 0 Å². The molecule has 18 rings (SSSR count). The molecule has 0 bridgehead atoms. The molecular formula is C130H266. The Morgan fingerprint density at radius 1 is 0.185 bits per heavy atom. The maximum atomic E-state index is 2.49. The number of fused-ring (bicyclic) bond motifs is 6. The van der Waals surface area contributed by atoms with Gasteiger partial charge >= 0.3 is 0 Å². The van der Waals surface area contributed by atoms with Crippen molar-refractivity contribution in [1.82, 2.24) is 0 Å². The lowest BCUT2D eigenvalue weighted by Gasteiger charge is -2.52. The summed E-state index contributed by atoms with van der Waals surface area (Å²) in [4.78, 5) is 0. The first kappa shape index (κ1) is 153. The standard InChI is InChI=1S/C26H36.2C25H34.27C2H6/c1-2-17-7-3-4-10-23(17)20-15-21-13-18-8-5-11-24(18)26(21)22(16-20)14-19-9-6-12-25(19)26;2*1-16-6-2-3-9-22(16)19-14-20-12-17-7-4-10-23(17)25(20)21(15-19)13-18-8-5-11-24(18)25;27*1-2/h3-4,7,10,18-22,24-25H,2,5-6,8-9,11-16H2,1H3;2*2-3,6,9,17-21,23-24H,4-5,7-8,10-15H2,1H3;27*1-2H3/t18?,19?,20?,21-,22+,24?,25?,26?;2*17?,18?,19?,20-,21+,23?,24?,25?;;;;;;;;;;;;;;;;;;;;;;;;;;;. The summed E-state index contributed by atoms with van der Waals surface area (Å²) in [6, 6.07) is 28.1. The number of aryl methyl sites for hydroxylation is 3. The molecule has 15 aliphatic carbocycles. The van der Waals surface area contributed by atoms with Crippen molar-refractivity contribution in [2.24, 2.45) is 123 Å². The Labute approximate surface area is 835 Å². The van der Waals surface area contributed by atoms with E-state index in [2.05, 4.69) is 93.6 Å². The highest BCUT2D eigenvalue weighted by Gasteiger charge is 2.72. The van der Waals surface area contributed by atoms with E-state index in [1.165, 1.54) is 44.9 Å². The summed E-state index contributed by atoms with van der Waals surface area (Å²) < 4.78 is 0. The molecule has 18 unspecified atom stereocenters. The van der Waals surface area contributed by atoms with Crippen LogP contribution in [-0.4, -0.2) is 0 Å². The maximum Gasteiger partial charge on any atom is -0.0154 e. The van der Waals surface area contributed by atoms with E-state index in [1.54, 1.807) is 187 Å². The molecule has 130 heavy (non-hydrogen) atoms. The van der Waals surface area contributed by atoms with Crippen LogP contribution in [0.3, 0.4) is 0 Å². The molecule has 0 aromatic heterocycles. The molecule has 0 nitrogen and oxygen atoms in total. The van der Waals surface area contributed by atoms with Gasteiger partial charge in [-0.05, 0) is 310 Å². The Balaban J connectivity index is -0.000000127. The Kier molecular flexibility index (Phi) is 121. The fraction of sp³-hybridized carbons (Fsp3) is 0.862. The minimum atomic E-state index is 0.806. The number of rotatable bonds is 4. The smallest absolute Gasteiger partial charge is 0.0154 e. The lowest BCUT2D eigenvalue weighted by atomic mass is 9.52. The van der Waals surface area contributed by atoms with Gasteiger partial charge in [0.05, 0.1) is 0 Å². The molecule has 786 valence electrons. The van der Waals surface area contributed by atoms with Gasteiger partial charge in [0.25, 0.3) is 0 Å². The fourth-order valence-electron chi connectivity index (χ4n) is 29.0. The van der Waals surface area contributed by atoms with Crippen molar-refractivity contribution in [3.63, 3.8) is 0 Å². The highest BCUT2D eigenvalue weighted by atomic mass is 14.8. The monoisotopic (exact) mass is 1830 g/mol. The number of benzene rings is 3. The van der Waals surface area contributed by atoms with Crippen LogP contribution in [0, 0.1) is 137 Å². The van der Waals surface area contributed by atoms with Crippen molar-refractivity contribution in [3.05, 3.63) is 106 Å². The zero-order valence-electron chi connectivity index (χ0n) is 102. The van der Waals surface area contributed by atoms with Gasteiger partial charge in [0.1, 0.15) is 0 Å². The predicted molar refractivity (Wildman–Crippen MR) is 621 cm³/mol. The third-order valence-electron chi connectivity index (χ3n) is 30.1. The Morgan fingerprint density at radius 3 is 0.492 bits per heavy atom. The van der Waals surface area contributed by atoms with E-state index >= 15 is 0 Å². The quantitative estimate of drug-likeness (QED) is 0.244. The van der Waals surface area contributed by atoms with Crippen LogP contribution in [0.4, 0.5) is 0 Å². The summed E-state index contributed by atoms with van der Waals surface area (Å²) in [7, 11) is 0. The zero-order chi connectivity index (χ0) is 104. The summed E-state index contributed by atoms with van der Waals surface area (Å²) in [6.07, 6.45) is 48.3. The minimum Gasteiger partial charge on any atom is -0.0683 e. The molecule has 0 radical (unpaired) electrons. The fourth-order valence-corrected chi connectivity index (χ4v) is 29.0. The molecule has 0 saturated heterocycles. The Morgan fingerprint density at radius 2 is 0.331 bits per heavy atom. The lowest BCUT2D eigenvalue weighted by molar-refractivity contribution is -0.0227. The number of hydrogen-bond acceptors (Lipinski definition) is 0. The average molecular weight is 1830 g/mol. The molecule has 0 amide bonds. The van der Waals surface area contributed by atoms with Crippen molar-refractivity contribution in [2.75, 3.05) is 0 Å². The molecule has 15 fully saturated rings. The van der Waals surface area contributed by atoms with Crippen molar-refractivity contribution in [1.29, 1.82) is 0 Å². The van der Waals surface area contributed by atoms with Crippen molar-refractivity contribution < 1.29 is 0 Å². The van der Waals surface area contributed by atoms with E-state index in [0.717, 1.165) is 141 Å². The van der Waals surface area contributed by atoms with Crippen LogP contribution in [0.25, 0.3) is 0 Å². The molecule has 15 saturated carbocycles. The van der Waals surface area contributed by atoms with Gasteiger partial charge in [-0.25, -0.2) is 0 Å². The van der Waals surface area contributed by atoms with Crippen LogP contribution in [0.1, 0.15) is 625 Å². The van der Waals surface area contributed by atoms with E-state index in [-0.39, 0.29) is 0 Å². The maximum absolute atomic E-state index is 2.49. The second kappa shape index (κ2) is 103. The zero-order valence-corrected chi connectivity index (χ0v) is 102. The molecule has 0 N–H and O–H groups in total. The Bertz CT molecular complexity index is 2370. The van der Waals surface area contributed by atoms with Gasteiger partial charge < -0.3 is 0 Å². The molecule has 3 aromatic carbocycles. The molecule has 3 spiro atoms. The van der Waals surface area contributed by atoms with Crippen molar-refractivity contribution in [3.8, 4) is 0 Å². The Hall–Kier alpha value is -2.34. The highest BCUT2D eigenvalue weighted by Crippen LogP contribution is 2.80. The largest absolute Gasteiger partial charge is 0.0683 e. The first-order valence-electron chi connectivity index (χ1n) is 61.6. The van der Waals surface area contributed by atoms with Crippen LogP contribution < -0.4 is 0 Å². The van der Waals surface area contributed by atoms with Crippen molar-refractivity contribution >= 4 is 0 Å². The van der Waals surface area contributed by atoms with Gasteiger partial charge in [0.15, 0.2) is 0 Å². The lowest BCUT2D eigenvalue weighted by Crippen LogP contribution is -2.45. The summed E-state index contributed by atoms with van der Waals surface area (Å²) >= 11 is 0. The predicted octanol–water partition coefficient (Wildman–Crippen LogP) is 48.2. The molecule has 3 aromatic rings. The van der Waals surface area contributed by atoms with E-state index in [0.29, 0.717) is 0 Å². The molecule has 15 aliphatic rings. The van der Waals surface area contributed by atoms with Gasteiger partial charge in [0.2, 0.25) is 0 Å². The van der Waals surface area contributed by atoms with Crippen molar-refractivity contribution in [2.45, 2.75) is 611 Å². The van der Waals surface area contributed by atoms with Gasteiger partial charge in [-0.15, -0.1) is 0 Å². The topological polar surface area (TPSA) is 0 Å². The van der Waals surface area contributed by atoms with Gasteiger partial charge in [-0.3, -0.25) is 0 Å².